The highest BCUT2D eigenvalue weighted by atomic mass is 35.5. The van der Waals surface area contributed by atoms with Crippen molar-refractivity contribution in [1.82, 2.24) is 9.99 Å². The van der Waals surface area contributed by atoms with Crippen molar-refractivity contribution in [3.63, 3.8) is 0 Å². The summed E-state index contributed by atoms with van der Waals surface area (Å²) in [5.41, 5.74) is 0.652. The SMILES string of the molecule is CC(=O)Nc1nc(CCc2ccc(CN(N)C(=O)O)c(F)c2F)cs1.Cl. The number of anilines is 1. The molecule has 2 amide bonds. The van der Waals surface area contributed by atoms with Gasteiger partial charge in [0.2, 0.25) is 5.91 Å². The average Bonchev–Trinajstić information content (AvgIpc) is 2.97. The number of aryl methyl sites for hydroxylation is 2. The van der Waals surface area contributed by atoms with Crippen LogP contribution in [0.3, 0.4) is 0 Å². The zero-order valence-electron chi connectivity index (χ0n) is 13.7. The minimum absolute atomic E-state index is 0. The number of carbonyl (C=O) groups excluding carboxylic acids is 1. The summed E-state index contributed by atoms with van der Waals surface area (Å²) in [6.07, 6.45) is -0.871. The first-order valence-corrected chi connectivity index (χ1v) is 8.08. The molecule has 1 heterocycles. The second-order valence-electron chi connectivity index (χ2n) is 5.25. The fraction of sp³-hybridized carbons (Fsp3) is 0.267. The number of thiazole rings is 1. The summed E-state index contributed by atoms with van der Waals surface area (Å²) in [5.74, 6) is 2.80. The van der Waals surface area contributed by atoms with Gasteiger partial charge in [-0.2, -0.15) is 0 Å². The molecule has 0 aliphatic carbocycles. The summed E-state index contributed by atoms with van der Waals surface area (Å²) >= 11 is 1.25. The van der Waals surface area contributed by atoms with Gasteiger partial charge in [0.15, 0.2) is 16.8 Å². The molecule has 4 N–H and O–H groups in total. The standard InChI is InChI=1S/C15H16F2N4O3S.ClH/c1-8(22)19-14-20-11(7-25-14)5-4-9-2-3-10(13(17)12(9)16)6-21(18)15(23)24;/h2-3,7H,4-6,18H2,1H3,(H,23,24)(H,19,20,22);1H. The number of hydrazine groups is 1. The predicted molar refractivity (Wildman–Crippen MR) is 95.2 cm³/mol. The van der Waals surface area contributed by atoms with E-state index in [0.29, 0.717) is 22.3 Å². The maximum Gasteiger partial charge on any atom is 0.421 e. The van der Waals surface area contributed by atoms with Gasteiger partial charge in [-0.15, -0.1) is 23.7 Å². The van der Waals surface area contributed by atoms with Crippen LogP contribution in [0.4, 0.5) is 18.7 Å². The van der Waals surface area contributed by atoms with Crippen LogP contribution in [0.25, 0.3) is 0 Å². The van der Waals surface area contributed by atoms with Gasteiger partial charge in [-0.1, -0.05) is 12.1 Å². The molecule has 0 spiro atoms. The molecule has 1 aromatic heterocycles. The average molecular weight is 407 g/mol. The second kappa shape index (κ2) is 9.41. The normalized spacial score (nSPS) is 10.2. The van der Waals surface area contributed by atoms with Gasteiger partial charge in [-0.05, 0) is 18.4 Å². The first-order valence-electron chi connectivity index (χ1n) is 7.20. The Morgan fingerprint density at radius 1 is 1.27 bits per heavy atom. The number of nitrogens with two attached hydrogens (primary N) is 1. The van der Waals surface area contributed by atoms with E-state index in [0.717, 1.165) is 0 Å². The molecule has 26 heavy (non-hydrogen) atoms. The zero-order valence-corrected chi connectivity index (χ0v) is 15.3. The summed E-state index contributed by atoms with van der Waals surface area (Å²) in [6.45, 7) is 0.915. The molecule has 0 fully saturated rings. The van der Waals surface area contributed by atoms with Crippen LogP contribution in [-0.4, -0.2) is 27.1 Å². The molecule has 2 aromatic rings. The predicted octanol–water partition coefficient (Wildman–Crippen LogP) is 2.94. The van der Waals surface area contributed by atoms with Gasteiger partial charge < -0.3 is 10.4 Å². The Kier molecular flexibility index (Phi) is 7.87. The van der Waals surface area contributed by atoms with Crippen molar-refractivity contribution in [3.8, 4) is 0 Å². The number of carboxylic acid groups (broad SMARTS) is 1. The number of hydrogen-bond donors (Lipinski definition) is 3. The van der Waals surface area contributed by atoms with E-state index < -0.39 is 24.3 Å². The number of benzene rings is 1. The first kappa shape index (κ1) is 21.7. The van der Waals surface area contributed by atoms with E-state index in [1.807, 2.05) is 0 Å². The lowest BCUT2D eigenvalue weighted by Crippen LogP contribution is -2.35. The number of hydrogen-bond acceptors (Lipinski definition) is 5. The number of aromatic nitrogens is 1. The van der Waals surface area contributed by atoms with Crippen LogP contribution in [0.15, 0.2) is 17.5 Å². The Bertz CT molecular complexity index is 803. The maximum absolute atomic E-state index is 14.1. The Morgan fingerprint density at radius 3 is 2.50 bits per heavy atom. The molecular weight excluding hydrogens is 390 g/mol. The number of nitrogens with one attached hydrogen (secondary N) is 1. The molecule has 0 aliphatic rings. The van der Waals surface area contributed by atoms with Gasteiger partial charge in [-0.3, -0.25) is 4.79 Å². The van der Waals surface area contributed by atoms with Crippen molar-refractivity contribution in [2.24, 2.45) is 5.84 Å². The van der Waals surface area contributed by atoms with Crippen LogP contribution in [-0.2, 0) is 24.2 Å². The highest BCUT2D eigenvalue weighted by Gasteiger charge is 2.17. The third-order valence-electron chi connectivity index (χ3n) is 3.31. The van der Waals surface area contributed by atoms with E-state index >= 15 is 0 Å². The lowest BCUT2D eigenvalue weighted by Gasteiger charge is -2.14. The molecule has 0 unspecified atom stereocenters. The lowest BCUT2D eigenvalue weighted by atomic mass is 10.0. The van der Waals surface area contributed by atoms with Crippen LogP contribution in [0, 0.1) is 11.6 Å². The van der Waals surface area contributed by atoms with E-state index in [1.165, 1.54) is 30.4 Å². The minimum atomic E-state index is -1.44. The van der Waals surface area contributed by atoms with Gasteiger partial charge >= 0.3 is 6.09 Å². The lowest BCUT2D eigenvalue weighted by molar-refractivity contribution is -0.114. The molecule has 2 rings (SSSR count). The molecule has 0 atom stereocenters. The van der Waals surface area contributed by atoms with Crippen molar-refractivity contribution in [2.45, 2.75) is 26.3 Å². The van der Waals surface area contributed by atoms with Crippen LogP contribution in [0.1, 0.15) is 23.7 Å². The Morgan fingerprint density at radius 2 is 1.88 bits per heavy atom. The largest absolute Gasteiger partial charge is 0.464 e. The van der Waals surface area contributed by atoms with Gasteiger partial charge in [0.1, 0.15) is 0 Å². The minimum Gasteiger partial charge on any atom is -0.464 e. The van der Waals surface area contributed by atoms with E-state index in [9.17, 15) is 18.4 Å². The maximum atomic E-state index is 14.1. The topological polar surface area (TPSA) is 109 Å². The number of amides is 2. The van der Waals surface area contributed by atoms with Gasteiger partial charge in [-0.25, -0.2) is 29.4 Å². The first-order chi connectivity index (χ1) is 11.8. The molecule has 0 saturated carbocycles. The summed E-state index contributed by atoms with van der Waals surface area (Å²) < 4.78 is 28.2. The van der Waals surface area contributed by atoms with Crippen LogP contribution < -0.4 is 11.2 Å². The Labute approximate surface area is 158 Å². The highest BCUT2D eigenvalue weighted by molar-refractivity contribution is 7.13. The molecule has 7 nitrogen and oxygen atoms in total. The molecule has 0 saturated heterocycles. The van der Waals surface area contributed by atoms with E-state index in [2.05, 4.69) is 10.3 Å². The molecule has 0 bridgehead atoms. The summed E-state index contributed by atoms with van der Waals surface area (Å²) in [6, 6.07) is 2.70. The summed E-state index contributed by atoms with van der Waals surface area (Å²) in [5, 5.41) is 13.8. The Hall–Kier alpha value is -2.30. The third-order valence-corrected chi connectivity index (χ3v) is 4.12. The van der Waals surface area contributed by atoms with Crippen molar-refractivity contribution < 1.29 is 23.5 Å². The van der Waals surface area contributed by atoms with E-state index in [4.69, 9.17) is 10.9 Å². The molecule has 1 aromatic carbocycles. The van der Waals surface area contributed by atoms with E-state index in [1.54, 1.807) is 5.38 Å². The monoisotopic (exact) mass is 406 g/mol. The number of rotatable bonds is 6. The summed E-state index contributed by atoms with van der Waals surface area (Å²) in [4.78, 5) is 25.8. The molecule has 11 heteroatoms. The van der Waals surface area contributed by atoms with Crippen molar-refractivity contribution in [3.05, 3.63) is 46.0 Å². The molecule has 142 valence electrons. The zero-order chi connectivity index (χ0) is 18.6. The molecular formula is C15H17ClF2N4O3S. The van der Waals surface area contributed by atoms with Crippen molar-refractivity contribution in [1.29, 1.82) is 0 Å². The second-order valence-corrected chi connectivity index (χ2v) is 6.11. The fourth-order valence-corrected chi connectivity index (χ4v) is 2.88. The number of halogens is 3. The van der Waals surface area contributed by atoms with Crippen molar-refractivity contribution in [2.75, 3.05) is 5.32 Å². The van der Waals surface area contributed by atoms with Gasteiger partial charge in [0.05, 0.1) is 12.2 Å². The summed E-state index contributed by atoms with van der Waals surface area (Å²) in [7, 11) is 0. The highest BCUT2D eigenvalue weighted by Crippen LogP contribution is 2.21. The third kappa shape index (κ3) is 5.61. The Balaban J connectivity index is 0.00000338. The van der Waals surface area contributed by atoms with Crippen LogP contribution in [0.2, 0.25) is 0 Å². The van der Waals surface area contributed by atoms with Crippen LogP contribution in [0.5, 0.6) is 0 Å². The smallest absolute Gasteiger partial charge is 0.421 e. The van der Waals surface area contributed by atoms with Gasteiger partial charge in [0.25, 0.3) is 0 Å². The van der Waals surface area contributed by atoms with Crippen LogP contribution >= 0.6 is 23.7 Å². The van der Waals surface area contributed by atoms with E-state index in [-0.39, 0.29) is 35.9 Å². The number of carbonyl (C=O) groups is 2. The fourth-order valence-electron chi connectivity index (χ4n) is 2.09. The molecule has 0 aliphatic heterocycles. The molecule has 0 radical (unpaired) electrons. The quantitative estimate of drug-likeness (QED) is 0.388. The van der Waals surface area contributed by atoms with Gasteiger partial charge in [0, 0.05) is 17.9 Å². The number of nitrogens with zero attached hydrogens (tertiary/aromatic N) is 2. The van der Waals surface area contributed by atoms with Crippen molar-refractivity contribution >= 4 is 40.9 Å².